The number of methoxy groups -OCH3 is 2. The van der Waals surface area contributed by atoms with Crippen LogP contribution in [0.4, 0.5) is 5.00 Å². The summed E-state index contributed by atoms with van der Waals surface area (Å²) in [5.74, 6) is -0.281. The number of nitrogens with two attached hydrogens (primary N) is 1. The van der Waals surface area contributed by atoms with E-state index in [-0.39, 0.29) is 18.1 Å². The van der Waals surface area contributed by atoms with Gasteiger partial charge in [0.05, 0.1) is 23.8 Å². The van der Waals surface area contributed by atoms with E-state index < -0.39 is 0 Å². The molecule has 106 valence electrons. The van der Waals surface area contributed by atoms with Crippen LogP contribution in [0.1, 0.15) is 21.7 Å². The largest absolute Gasteiger partial charge is 0.465 e. The minimum absolute atomic E-state index is 0.0396. The Morgan fingerprint density at radius 2 is 2.26 bits per heavy atom. The first-order chi connectivity index (χ1) is 9.06. The van der Waals surface area contributed by atoms with Gasteiger partial charge in [-0.25, -0.2) is 4.79 Å². The summed E-state index contributed by atoms with van der Waals surface area (Å²) >= 11 is 1.61. The van der Waals surface area contributed by atoms with Crippen molar-refractivity contribution in [1.29, 1.82) is 0 Å². The molecule has 0 spiro atoms. The first kappa shape index (κ1) is 14.3. The van der Waals surface area contributed by atoms with Crippen molar-refractivity contribution < 1.29 is 14.3 Å². The molecule has 1 saturated heterocycles. The summed E-state index contributed by atoms with van der Waals surface area (Å²) in [5.41, 5.74) is 6.66. The predicted molar refractivity (Wildman–Crippen MR) is 76.0 cm³/mol. The van der Waals surface area contributed by atoms with Gasteiger partial charge < -0.3 is 20.1 Å². The molecule has 19 heavy (non-hydrogen) atoms. The molecular weight excluding hydrogens is 264 g/mol. The van der Waals surface area contributed by atoms with Gasteiger partial charge >= 0.3 is 5.97 Å². The van der Waals surface area contributed by atoms with E-state index in [0.29, 0.717) is 5.56 Å². The number of rotatable bonds is 3. The van der Waals surface area contributed by atoms with Crippen LogP contribution in [0.25, 0.3) is 0 Å². The molecule has 1 aromatic rings. The zero-order valence-corrected chi connectivity index (χ0v) is 12.3. The first-order valence-corrected chi connectivity index (χ1v) is 7.10. The number of ether oxygens (including phenoxy) is 2. The number of hydrogen-bond donors (Lipinski definition) is 1. The first-order valence-electron chi connectivity index (χ1n) is 6.29. The van der Waals surface area contributed by atoms with Crippen LogP contribution in [0.2, 0.25) is 0 Å². The van der Waals surface area contributed by atoms with Crippen LogP contribution in [0.3, 0.4) is 0 Å². The van der Waals surface area contributed by atoms with Crippen LogP contribution < -0.4 is 10.6 Å². The fraction of sp³-hybridized carbons (Fsp3) is 0.615. The van der Waals surface area contributed by atoms with Crippen molar-refractivity contribution in [3.05, 3.63) is 16.5 Å². The molecule has 2 atom stereocenters. The van der Waals surface area contributed by atoms with Crippen LogP contribution in [0, 0.1) is 6.92 Å². The second-order valence-electron chi connectivity index (χ2n) is 4.72. The molecule has 0 aromatic carbocycles. The topological polar surface area (TPSA) is 64.8 Å². The zero-order valence-electron chi connectivity index (χ0n) is 11.5. The molecule has 0 radical (unpaired) electrons. The van der Waals surface area contributed by atoms with Crippen molar-refractivity contribution in [1.82, 2.24) is 0 Å². The highest BCUT2D eigenvalue weighted by Crippen LogP contribution is 2.32. The smallest absolute Gasteiger partial charge is 0.339 e. The highest BCUT2D eigenvalue weighted by atomic mass is 32.1. The molecule has 5 nitrogen and oxygen atoms in total. The lowest BCUT2D eigenvalue weighted by Crippen LogP contribution is -2.51. The van der Waals surface area contributed by atoms with Gasteiger partial charge in [0.1, 0.15) is 0 Å². The van der Waals surface area contributed by atoms with Crippen LogP contribution in [-0.4, -0.2) is 45.4 Å². The normalized spacial score (nSPS) is 23.5. The maximum Gasteiger partial charge on any atom is 0.339 e. The molecule has 2 unspecified atom stereocenters. The lowest BCUT2D eigenvalue weighted by atomic mass is 10.0. The van der Waals surface area contributed by atoms with Crippen molar-refractivity contribution >= 4 is 22.3 Å². The standard InChI is InChI=1S/C13H20N2O3S/c1-8-9(13(16)18-3)6-12(19-8)15-5-4-10(14)11(7-15)17-2/h6,10-11H,4-5,7,14H2,1-3H3. The van der Waals surface area contributed by atoms with Crippen LogP contribution in [-0.2, 0) is 9.47 Å². The minimum Gasteiger partial charge on any atom is -0.465 e. The Balaban J connectivity index is 2.16. The summed E-state index contributed by atoms with van der Waals surface area (Å²) in [7, 11) is 3.09. The molecule has 1 aromatic heterocycles. The Morgan fingerprint density at radius 3 is 2.89 bits per heavy atom. The van der Waals surface area contributed by atoms with Crippen LogP contribution in [0.5, 0.6) is 0 Å². The number of carbonyl (C=O) groups excluding carboxylic acids is 1. The molecule has 6 heteroatoms. The quantitative estimate of drug-likeness (QED) is 0.850. The highest BCUT2D eigenvalue weighted by molar-refractivity contribution is 7.16. The number of carbonyl (C=O) groups is 1. The molecule has 2 heterocycles. The fourth-order valence-electron chi connectivity index (χ4n) is 2.32. The lowest BCUT2D eigenvalue weighted by Gasteiger charge is -2.36. The van der Waals surface area contributed by atoms with Crippen molar-refractivity contribution in [3.63, 3.8) is 0 Å². The molecule has 0 bridgehead atoms. The second kappa shape index (κ2) is 5.90. The number of aryl methyl sites for hydroxylation is 1. The Morgan fingerprint density at radius 1 is 1.53 bits per heavy atom. The Bertz CT molecular complexity index is 461. The summed E-state index contributed by atoms with van der Waals surface area (Å²) in [5, 5.41) is 1.08. The summed E-state index contributed by atoms with van der Waals surface area (Å²) in [4.78, 5) is 14.8. The van der Waals surface area contributed by atoms with E-state index in [2.05, 4.69) is 4.90 Å². The van der Waals surface area contributed by atoms with Gasteiger partial charge in [-0.2, -0.15) is 0 Å². The number of piperidine rings is 1. The monoisotopic (exact) mass is 284 g/mol. The minimum atomic E-state index is -0.281. The summed E-state index contributed by atoms with van der Waals surface area (Å²) in [6.07, 6.45) is 0.931. The van der Waals surface area contributed by atoms with Gasteiger partial charge in [0.25, 0.3) is 0 Å². The third kappa shape index (κ3) is 2.91. The van der Waals surface area contributed by atoms with Crippen molar-refractivity contribution in [2.75, 3.05) is 32.2 Å². The Hall–Kier alpha value is -1.11. The van der Waals surface area contributed by atoms with E-state index in [9.17, 15) is 4.79 Å². The van der Waals surface area contributed by atoms with Gasteiger partial charge in [0.2, 0.25) is 0 Å². The van der Waals surface area contributed by atoms with Crippen molar-refractivity contribution in [2.45, 2.75) is 25.5 Å². The van der Waals surface area contributed by atoms with E-state index in [0.717, 1.165) is 29.4 Å². The van der Waals surface area contributed by atoms with Gasteiger partial charge in [-0.3, -0.25) is 0 Å². The van der Waals surface area contributed by atoms with E-state index in [1.165, 1.54) is 7.11 Å². The molecule has 1 aliphatic heterocycles. The number of esters is 1. The Kier molecular flexibility index (Phi) is 4.44. The SMILES string of the molecule is COC(=O)c1cc(N2CCC(N)C(OC)C2)sc1C. The molecule has 0 amide bonds. The second-order valence-corrected chi connectivity index (χ2v) is 5.95. The molecule has 0 saturated carbocycles. The summed E-state index contributed by atoms with van der Waals surface area (Å²) in [6.45, 7) is 3.59. The zero-order chi connectivity index (χ0) is 14.0. The lowest BCUT2D eigenvalue weighted by molar-refractivity contribution is 0.0600. The summed E-state index contributed by atoms with van der Waals surface area (Å²) in [6, 6.07) is 1.98. The van der Waals surface area contributed by atoms with Gasteiger partial charge in [0.15, 0.2) is 0 Å². The van der Waals surface area contributed by atoms with E-state index in [1.807, 2.05) is 13.0 Å². The molecule has 1 fully saturated rings. The number of hydrogen-bond acceptors (Lipinski definition) is 6. The van der Waals surface area contributed by atoms with Gasteiger partial charge in [-0.1, -0.05) is 0 Å². The highest BCUT2D eigenvalue weighted by Gasteiger charge is 2.28. The fourth-order valence-corrected chi connectivity index (χ4v) is 3.36. The van der Waals surface area contributed by atoms with Gasteiger partial charge in [0, 0.05) is 31.1 Å². The maximum atomic E-state index is 11.6. The average molecular weight is 284 g/mol. The van der Waals surface area contributed by atoms with Crippen LogP contribution in [0.15, 0.2) is 6.07 Å². The molecule has 0 aliphatic carbocycles. The molecule has 1 aliphatic rings. The molecule has 2 N–H and O–H groups in total. The van der Waals surface area contributed by atoms with Crippen molar-refractivity contribution in [2.24, 2.45) is 5.73 Å². The average Bonchev–Trinajstić information content (AvgIpc) is 2.80. The van der Waals surface area contributed by atoms with Crippen molar-refractivity contribution in [3.8, 4) is 0 Å². The van der Waals surface area contributed by atoms with E-state index in [1.54, 1.807) is 18.4 Å². The van der Waals surface area contributed by atoms with Gasteiger partial charge in [-0.15, -0.1) is 11.3 Å². The third-order valence-corrected chi connectivity index (χ3v) is 4.65. The Labute approximate surface area is 117 Å². The number of nitrogens with zero attached hydrogens (tertiary/aromatic N) is 1. The van der Waals surface area contributed by atoms with Gasteiger partial charge in [-0.05, 0) is 19.4 Å². The molecular formula is C13H20N2O3S. The maximum absolute atomic E-state index is 11.6. The third-order valence-electron chi connectivity index (χ3n) is 3.53. The summed E-state index contributed by atoms with van der Waals surface area (Å²) < 4.78 is 10.2. The molecule has 2 rings (SSSR count). The number of thiophene rings is 1. The number of anilines is 1. The van der Waals surface area contributed by atoms with Crippen LogP contribution >= 0.6 is 11.3 Å². The van der Waals surface area contributed by atoms with E-state index in [4.69, 9.17) is 15.2 Å². The predicted octanol–water partition coefficient (Wildman–Crippen LogP) is 1.40. The van der Waals surface area contributed by atoms with E-state index >= 15 is 0 Å².